The zero-order valence-corrected chi connectivity index (χ0v) is 22.0. The minimum absolute atomic E-state index is 0.0166. The Hall–Kier alpha value is -3.97. The minimum Gasteiger partial charge on any atom is -0.478 e. The predicted octanol–water partition coefficient (Wildman–Crippen LogP) is 7.36. The van der Waals surface area contributed by atoms with E-state index in [1.54, 1.807) is 6.20 Å². The molecule has 200 valence electrons. The van der Waals surface area contributed by atoms with Crippen molar-refractivity contribution < 1.29 is 23.1 Å². The molecule has 2 atom stereocenters. The van der Waals surface area contributed by atoms with E-state index in [0.717, 1.165) is 57.4 Å². The van der Waals surface area contributed by atoms with Crippen LogP contribution < -0.4 is 0 Å². The van der Waals surface area contributed by atoms with Crippen molar-refractivity contribution in [2.75, 3.05) is 6.54 Å². The molecule has 1 aliphatic rings. The lowest BCUT2D eigenvalue weighted by Gasteiger charge is -2.44. The highest BCUT2D eigenvalue weighted by atomic mass is 19.1. The summed E-state index contributed by atoms with van der Waals surface area (Å²) in [5.74, 6) is -2.83. The van der Waals surface area contributed by atoms with Crippen molar-refractivity contribution in [1.29, 1.82) is 0 Å². The van der Waals surface area contributed by atoms with Crippen molar-refractivity contribution in [3.05, 3.63) is 107 Å². The Kier molecular flexibility index (Phi) is 7.03. The number of pyridine rings is 1. The molecule has 2 unspecified atom stereocenters. The molecule has 0 bridgehead atoms. The van der Waals surface area contributed by atoms with Crippen molar-refractivity contribution in [3.8, 4) is 11.1 Å². The summed E-state index contributed by atoms with van der Waals surface area (Å²) in [6.45, 7) is 4.83. The number of aliphatic carboxylic acids is 1. The van der Waals surface area contributed by atoms with Gasteiger partial charge in [0, 0.05) is 35.8 Å². The van der Waals surface area contributed by atoms with Crippen molar-refractivity contribution in [3.63, 3.8) is 0 Å². The second-order valence-corrected chi connectivity index (χ2v) is 10.7. The first kappa shape index (κ1) is 26.6. The van der Waals surface area contributed by atoms with E-state index in [-0.39, 0.29) is 23.7 Å². The largest absolute Gasteiger partial charge is 0.478 e. The van der Waals surface area contributed by atoms with E-state index in [9.17, 15) is 9.18 Å². The van der Waals surface area contributed by atoms with E-state index in [2.05, 4.69) is 11.1 Å². The number of carbonyl (C=O) groups is 1. The molecule has 1 N–H and O–H groups in total. The number of rotatable bonds is 6. The van der Waals surface area contributed by atoms with Crippen LogP contribution in [0.4, 0.5) is 13.2 Å². The first-order valence-electron chi connectivity index (χ1n) is 12.8. The van der Waals surface area contributed by atoms with E-state index in [1.165, 1.54) is 13.8 Å². The molecular weight excluding hydrogens is 501 g/mol. The van der Waals surface area contributed by atoms with Gasteiger partial charge in [-0.3, -0.25) is 9.88 Å². The molecule has 0 saturated carbocycles. The van der Waals surface area contributed by atoms with Gasteiger partial charge >= 0.3 is 5.97 Å². The summed E-state index contributed by atoms with van der Waals surface area (Å²) in [6, 6.07) is 17.0. The Morgan fingerprint density at radius 1 is 1.08 bits per heavy atom. The second kappa shape index (κ2) is 10.3. The van der Waals surface area contributed by atoms with Crippen LogP contribution in [0.25, 0.3) is 28.1 Å². The molecule has 0 radical (unpaired) electrons. The molecule has 39 heavy (non-hydrogen) atoms. The van der Waals surface area contributed by atoms with Crippen LogP contribution in [0, 0.1) is 11.6 Å². The van der Waals surface area contributed by atoms with Crippen LogP contribution in [-0.2, 0) is 11.2 Å². The summed E-state index contributed by atoms with van der Waals surface area (Å²) < 4.78 is 46.2. The number of hydrogen-bond acceptors (Lipinski definition) is 3. The molecule has 0 saturated heterocycles. The molecule has 1 aromatic heterocycles. The molecule has 0 spiro atoms. The van der Waals surface area contributed by atoms with E-state index < -0.39 is 29.3 Å². The molecule has 1 aliphatic heterocycles. The first-order valence-corrected chi connectivity index (χ1v) is 12.8. The lowest BCUT2D eigenvalue weighted by molar-refractivity contribution is -0.131. The molecule has 0 fully saturated rings. The predicted molar refractivity (Wildman–Crippen MR) is 147 cm³/mol. The molecule has 0 amide bonds. The Morgan fingerprint density at radius 2 is 1.77 bits per heavy atom. The molecule has 4 nitrogen and oxygen atoms in total. The summed E-state index contributed by atoms with van der Waals surface area (Å²) in [5, 5.41) is 9.90. The second-order valence-electron chi connectivity index (χ2n) is 10.7. The standard InChI is InChI=1S/C32H29F3N2O2/c1-19-13-24-17-21(22-8-10-28-23(16-22)5-4-12-36-28)7-9-25(24)31(37(19)18-32(2,3)35)30-26(33)14-20(15-27(30)34)6-11-29(38)39/h4-12,14-17,19,31H,13,18H2,1-3H3,(H,38,39)/b11-6+. The van der Waals surface area contributed by atoms with E-state index in [4.69, 9.17) is 5.11 Å². The molecule has 5 rings (SSSR count). The number of benzene rings is 3. The van der Waals surface area contributed by atoms with E-state index in [1.807, 2.05) is 54.3 Å². The molecule has 7 heteroatoms. The maximum absolute atomic E-state index is 15.6. The minimum atomic E-state index is -1.60. The number of aromatic nitrogens is 1. The maximum atomic E-state index is 15.6. The van der Waals surface area contributed by atoms with Crippen molar-refractivity contribution >= 4 is 22.9 Å². The monoisotopic (exact) mass is 530 g/mol. The summed E-state index contributed by atoms with van der Waals surface area (Å²) >= 11 is 0. The molecule has 4 aromatic rings. The average Bonchev–Trinajstić information content (AvgIpc) is 2.87. The molecular formula is C32H29F3N2O2. The van der Waals surface area contributed by atoms with Gasteiger partial charge in [-0.15, -0.1) is 0 Å². The normalized spacial score (nSPS) is 18.0. The van der Waals surface area contributed by atoms with Crippen molar-refractivity contribution in [1.82, 2.24) is 9.88 Å². The highest BCUT2D eigenvalue weighted by Gasteiger charge is 2.39. The third-order valence-electron chi connectivity index (χ3n) is 7.14. The summed E-state index contributed by atoms with van der Waals surface area (Å²) in [7, 11) is 0. The fourth-order valence-electron chi connectivity index (χ4n) is 5.48. The number of alkyl halides is 1. The van der Waals surface area contributed by atoms with Crippen LogP contribution in [-0.4, -0.2) is 39.2 Å². The first-order chi connectivity index (χ1) is 18.5. The van der Waals surface area contributed by atoms with Gasteiger partial charge < -0.3 is 5.11 Å². The van der Waals surface area contributed by atoms with Gasteiger partial charge in [-0.2, -0.15) is 0 Å². The fourth-order valence-corrected chi connectivity index (χ4v) is 5.48. The van der Waals surface area contributed by atoms with Gasteiger partial charge in [0.2, 0.25) is 0 Å². The molecule has 0 aliphatic carbocycles. The number of hydrogen-bond donors (Lipinski definition) is 1. The molecule has 2 heterocycles. The Balaban J connectivity index is 1.63. The van der Waals surface area contributed by atoms with Crippen LogP contribution in [0.1, 0.15) is 49.1 Å². The van der Waals surface area contributed by atoms with Crippen molar-refractivity contribution in [2.24, 2.45) is 0 Å². The third kappa shape index (κ3) is 5.59. The van der Waals surface area contributed by atoms with Gasteiger partial charge in [-0.25, -0.2) is 18.0 Å². The van der Waals surface area contributed by atoms with Gasteiger partial charge in [0.15, 0.2) is 0 Å². The van der Waals surface area contributed by atoms with Gasteiger partial charge in [-0.1, -0.05) is 30.3 Å². The van der Waals surface area contributed by atoms with E-state index in [0.29, 0.717) is 6.42 Å². The van der Waals surface area contributed by atoms with Gasteiger partial charge in [-0.05, 0) is 91.4 Å². The fraction of sp³-hybridized carbons (Fsp3) is 0.250. The van der Waals surface area contributed by atoms with Gasteiger partial charge in [0.25, 0.3) is 0 Å². The van der Waals surface area contributed by atoms with E-state index >= 15 is 8.78 Å². The lowest BCUT2D eigenvalue weighted by Crippen LogP contribution is -2.48. The summed E-state index contributed by atoms with van der Waals surface area (Å²) in [4.78, 5) is 17.1. The van der Waals surface area contributed by atoms with Crippen LogP contribution in [0.3, 0.4) is 0 Å². The number of fused-ring (bicyclic) bond motifs is 2. The van der Waals surface area contributed by atoms with Crippen LogP contribution in [0.2, 0.25) is 0 Å². The van der Waals surface area contributed by atoms with Gasteiger partial charge in [0.05, 0.1) is 11.6 Å². The zero-order valence-electron chi connectivity index (χ0n) is 22.0. The Bertz CT molecular complexity index is 1570. The van der Waals surface area contributed by atoms with Crippen LogP contribution in [0.5, 0.6) is 0 Å². The van der Waals surface area contributed by atoms with Crippen LogP contribution >= 0.6 is 0 Å². The average molecular weight is 531 g/mol. The lowest BCUT2D eigenvalue weighted by atomic mass is 9.82. The number of carboxylic acid groups (broad SMARTS) is 1. The topological polar surface area (TPSA) is 53.4 Å². The quantitative estimate of drug-likeness (QED) is 0.265. The summed E-state index contributed by atoms with van der Waals surface area (Å²) in [6.07, 6.45) is 4.31. The highest BCUT2D eigenvalue weighted by Crippen LogP contribution is 2.42. The maximum Gasteiger partial charge on any atom is 0.328 e. The number of nitrogens with zero attached hydrogens (tertiary/aromatic N) is 2. The van der Waals surface area contributed by atoms with Crippen molar-refractivity contribution in [2.45, 2.75) is 44.9 Å². The number of halogens is 3. The Morgan fingerprint density at radius 3 is 2.46 bits per heavy atom. The molecule has 3 aromatic carbocycles. The van der Waals surface area contributed by atoms with Gasteiger partial charge in [0.1, 0.15) is 17.3 Å². The SMILES string of the molecule is CC1Cc2cc(-c3ccc4ncccc4c3)ccc2C(c2c(F)cc(/C=C/C(=O)O)cc2F)N1CC(C)(C)F. The summed E-state index contributed by atoms with van der Waals surface area (Å²) in [5.41, 5.74) is 2.85. The zero-order chi connectivity index (χ0) is 27.9. The Labute approximate surface area is 225 Å². The highest BCUT2D eigenvalue weighted by molar-refractivity contribution is 5.85. The number of carboxylic acids is 1. The third-order valence-corrected chi connectivity index (χ3v) is 7.14. The smallest absolute Gasteiger partial charge is 0.328 e. The van der Waals surface area contributed by atoms with Crippen LogP contribution in [0.15, 0.2) is 72.9 Å².